The molecule has 0 aliphatic carbocycles. The number of nitrogens with zero attached hydrogens (tertiary/aromatic N) is 3. The van der Waals surface area contributed by atoms with E-state index in [9.17, 15) is 14.7 Å². The number of aromatic nitrogens is 3. The Bertz CT molecular complexity index is 1100. The van der Waals surface area contributed by atoms with Gasteiger partial charge in [0.1, 0.15) is 17.7 Å². The minimum Gasteiger partial charge on any atom is -0.382 e. The number of fused-ring (bicyclic) bond motifs is 3. The molecule has 1 aliphatic rings. The molecule has 28 heavy (non-hydrogen) atoms. The number of hydrogen-bond acceptors (Lipinski definition) is 6. The van der Waals surface area contributed by atoms with Crippen molar-refractivity contribution in [2.24, 2.45) is 0 Å². The van der Waals surface area contributed by atoms with Crippen LogP contribution in [-0.2, 0) is 16.9 Å². The number of halogens is 1. The van der Waals surface area contributed by atoms with Crippen molar-refractivity contribution in [3.05, 3.63) is 32.6 Å². The van der Waals surface area contributed by atoms with Gasteiger partial charge in [-0.25, -0.2) is 4.68 Å². The number of thiophene rings is 1. The molecule has 0 saturated carbocycles. The molecule has 1 atom stereocenters. The lowest BCUT2D eigenvalue weighted by molar-refractivity contribution is -0.122. The molecule has 8 nitrogen and oxygen atoms in total. The van der Waals surface area contributed by atoms with E-state index >= 15 is 0 Å². The van der Waals surface area contributed by atoms with E-state index in [2.05, 4.69) is 15.7 Å². The number of carbonyl (C=O) groups is 1. The van der Waals surface area contributed by atoms with Crippen molar-refractivity contribution >= 4 is 44.6 Å². The molecule has 10 heteroatoms. The highest BCUT2D eigenvalue weighted by molar-refractivity contribution is 7.22. The highest BCUT2D eigenvalue weighted by Crippen LogP contribution is 2.33. The minimum absolute atomic E-state index is 0.0511. The first-order valence-electron chi connectivity index (χ1n) is 9.18. The topological polar surface area (TPSA) is 101 Å². The second-order valence-electron chi connectivity index (χ2n) is 7.62. The van der Waals surface area contributed by atoms with E-state index in [-0.39, 0.29) is 29.9 Å². The fraction of sp³-hybridized carbons (Fsp3) is 0.500. The van der Waals surface area contributed by atoms with Gasteiger partial charge in [0.05, 0.1) is 14.6 Å². The predicted octanol–water partition coefficient (Wildman–Crippen LogP) is 1.46. The average Bonchev–Trinajstić information content (AvgIpc) is 3.13. The highest BCUT2D eigenvalue weighted by Gasteiger charge is 2.27. The molecule has 1 fully saturated rings. The van der Waals surface area contributed by atoms with Gasteiger partial charge in [0.15, 0.2) is 5.82 Å². The summed E-state index contributed by atoms with van der Waals surface area (Å²) in [5, 5.41) is 21.2. The minimum atomic E-state index is -1.32. The molecular weight excluding hydrogens is 402 g/mol. The van der Waals surface area contributed by atoms with E-state index < -0.39 is 5.60 Å². The molecule has 0 radical (unpaired) electrons. The van der Waals surface area contributed by atoms with Gasteiger partial charge in [-0.2, -0.15) is 5.10 Å². The van der Waals surface area contributed by atoms with Crippen LogP contribution in [0.1, 0.15) is 32.5 Å². The molecule has 150 valence electrons. The van der Waals surface area contributed by atoms with Crippen LogP contribution in [0, 0.1) is 0 Å². The van der Waals surface area contributed by atoms with Gasteiger partial charge in [0, 0.05) is 12.6 Å². The maximum Gasteiger partial charge on any atom is 0.291 e. The van der Waals surface area contributed by atoms with Crippen LogP contribution in [0.15, 0.2) is 16.9 Å². The van der Waals surface area contributed by atoms with Gasteiger partial charge < -0.3 is 15.7 Å². The van der Waals surface area contributed by atoms with Crippen LogP contribution in [0.2, 0.25) is 4.34 Å². The van der Waals surface area contributed by atoms with E-state index in [4.69, 9.17) is 11.6 Å². The van der Waals surface area contributed by atoms with Crippen molar-refractivity contribution in [1.82, 2.24) is 24.8 Å². The number of aliphatic hydroxyl groups is 1. The Morgan fingerprint density at radius 2 is 2.25 bits per heavy atom. The summed E-state index contributed by atoms with van der Waals surface area (Å²) in [4.78, 5) is 25.4. The molecule has 0 spiro atoms. The van der Waals surface area contributed by atoms with E-state index in [1.54, 1.807) is 30.4 Å². The fourth-order valence-electron chi connectivity index (χ4n) is 3.57. The highest BCUT2D eigenvalue weighted by atomic mass is 35.5. The number of piperidine rings is 1. The van der Waals surface area contributed by atoms with Gasteiger partial charge >= 0.3 is 0 Å². The maximum absolute atomic E-state index is 13.0. The normalized spacial score (nSPS) is 18.1. The molecule has 0 aromatic carbocycles. The second kappa shape index (κ2) is 7.14. The number of amides is 1. The molecule has 0 bridgehead atoms. The summed E-state index contributed by atoms with van der Waals surface area (Å²) in [6.45, 7) is 4.66. The smallest absolute Gasteiger partial charge is 0.291 e. The lowest BCUT2D eigenvalue weighted by Crippen LogP contribution is -2.47. The first-order valence-corrected chi connectivity index (χ1v) is 10.4. The maximum atomic E-state index is 13.0. The molecule has 3 aromatic heterocycles. The molecule has 3 N–H and O–H groups in total. The van der Waals surface area contributed by atoms with E-state index in [0.29, 0.717) is 9.85 Å². The van der Waals surface area contributed by atoms with Crippen molar-refractivity contribution in [3.8, 4) is 0 Å². The van der Waals surface area contributed by atoms with Gasteiger partial charge in [0.25, 0.3) is 5.56 Å². The van der Waals surface area contributed by atoms with Crippen LogP contribution >= 0.6 is 22.9 Å². The summed E-state index contributed by atoms with van der Waals surface area (Å²) in [7, 11) is 0. The Hall–Kier alpha value is -1.94. The molecule has 3 aromatic rings. The van der Waals surface area contributed by atoms with Crippen LogP contribution in [0.3, 0.4) is 0 Å². The molecule has 1 saturated heterocycles. The molecule has 1 aliphatic heterocycles. The van der Waals surface area contributed by atoms with Gasteiger partial charge in [-0.1, -0.05) is 11.6 Å². The van der Waals surface area contributed by atoms with Crippen LogP contribution in [-0.4, -0.2) is 44.3 Å². The molecule has 4 rings (SSSR count). The summed E-state index contributed by atoms with van der Waals surface area (Å²) in [6, 6.07) is 3.53. The molecule has 1 amide bonds. The van der Waals surface area contributed by atoms with Crippen molar-refractivity contribution in [1.29, 1.82) is 0 Å². The van der Waals surface area contributed by atoms with Crippen LogP contribution in [0.25, 0.3) is 15.7 Å². The van der Waals surface area contributed by atoms with E-state index in [1.165, 1.54) is 11.3 Å². The SMILES string of the molecule is CC(C)(O)c1nn(CC(=O)N[C@@H]2CCCNC2)c(=O)c2cc3sc(Cl)cc3n12. The number of carbonyl (C=O) groups excluding carboxylic acids is 1. The third kappa shape index (κ3) is 3.55. The van der Waals surface area contributed by atoms with E-state index in [1.807, 2.05) is 0 Å². The standard InChI is InChI=1S/C18H22ClN5O3S/c1-18(2,27)17-22-23(9-15(25)21-10-4-3-5-20-8-10)16(26)12-6-13-11(24(12)17)7-14(19)28-13/h6-7,10,20,27H,3-5,8-9H2,1-2H3,(H,21,25)/t10-/m1/s1. The Balaban J connectivity index is 1.75. The van der Waals surface area contributed by atoms with E-state index in [0.717, 1.165) is 40.8 Å². The van der Waals surface area contributed by atoms with Crippen molar-refractivity contribution in [2.45, 2.75) is 44.9 Å². The van der Waals surface area contributed by atoms with Gasteiger partial charge in [-0.15, -0.1) is 11.3 Å². The van der Waals surface area contributed by atoms with Gasteiger partial charge in [-0.3, -0.25) is 14.0 Å². The first-order chi connectivity index (χ1) is 13.2. The third-order valence-electron chi connectivity index (χ3n) is 4.84. The Kier molecular flexibility index (Phi) is 4.95. The lowest BCUT2D eigenvalue weighted by atomic mass is 10.1. The third-order valence-corrected chi connectivity index (χ3v) is 6.04. The zero-order chi connectivity index (χ0) is 20.1. The molecular formula is C18H22ClN5O3S. The van der Waals surface area contributed by atoms with Crippen LogP contribution in [0.5, 0.6) is 0 Å². The predicted molar refractivity (Wildman–Crippen MR) is 109 cm³/mol. The Morgan fingerprint density at radius 3 is 2.93 bits per heavy atom. The summed E-state index contributed by atoms with van der Waals surface area (Å²) in [6.07, 6.45) is 1.91. The molecule has 4 heterocycles. The van der Waals surface area contributed by atoms with Crippen molar-refractivity contribution < 1.29 is 9.90 Å². The van der Waals surface area contributed by atoms with Crippen molar-refractivity contribution in [2.75, 3.05) is 13.1 Å². The summed E-state index contributed by atoms with van der Waals surface area (Å²) in [5.41, 5.74) is -0.629. The van der Waals surface area contributed by atoms with Gasteiger partial charge in [-0.05, 0) is 45.4 Å². The second-order valence-corrected chi connectivity index (χ2v) is 9.34. The quantitative estimate of drug-likeness (QED) is 0.589. The molecule has 0 unspecified atom stereocenters. The average molecular weight is 424 g/mol. The van der Waals surface area contributed by atoms with Crippen LogP contribution in [0.4, 0.5) is 0 Å². The number of hydrogen-bond donors (Lipinski definition) is 3. The summed E-state index contributed by atoms with van der Waals surface area (Å²) >= 11 is 7.45. The van der Waals surface area contributed by atoms with Crippen LogP contribution < -0.4 is 16.2 Å². The number of rotatable bonds is 4. The largest absolute Gasteiger partial charge is 0.382 e. The first kappa shape index (κ1) is 19.4. The zero-order valence-electron chi connectivity index (χ0n) is 15.7. The summed E-state index contributed by atoms with van der Waals surface area (Å²) in [5.74, 6) is 0.00413. The number of nitrogens with one attached hydrogen (secondary N) is 2. The Labute approximate surface area is 170 Å². The lowest BCUT2D eigenvalue weighted by Gasteiger charge is -2.24. The zero-order valence-corrected chi connectivity index (χ0v) is 17.2. The van der Waals surface area contributed by atoms with Gasteiger partial charge in [0.2, 0.25) is 5.91 Å². The van der Waals surface area contributed by atoms with Crippen molar-refractivity contribution in [3.63, 3.8) is 0 Å². The Morgan fingerprint density at radius 1 is 1.46 bits per heavy atom. The monoisotopic (exact) mass is 423 g/mol. The summed E-state index contributed by atoms with van der Waals surface area (Å²) < 4.78 is 4.16. The fourth-order valence-corrected chi connectivity index (χ4v) is 4.73.